The van der Waals surface area contributed by atoms with Crippen LogP contribution in [0.5, 0.6) is 0 Å². The summed E-state index contributed by atoms with van der Waals surface area (Å²) in [4.78, 5) is 37.4. The van der Waals surface area contributed by atoms with Crippen molar-refractivity contribution in [3.8, 4) is 0 Å². The number of carboxylic acid groups (broad SMARTS) is 1. The molecule has 1 aromatic rings. The second-order valence-electron chi connectivity index (χ2n) is 5.88. The minimum Gasteiger partial charge on any atom is -0.480 e. The van der Waals surface area contributed by atoms with Gasteiger partial charge in [-0.2, -0.15) is 0 Å². The Morgan fingerprint density at radius 1 is 1.14 bits per heavy atom. The predicted molar refractivity (Wildman–Crippen MR) is 106 cm³/mol. The molecule has 0 aliphatic carbocycles. The highest BCUT2D eigenvalue weighted by Gasteiger charge is 2.39. The van der Waals surface area contributed by atoms with Gasteiger partial charge in [0.2, 0.25) is 3.79 Å². The monoisotopic (exact) mass is 453 g/mol. The fraction of sp³-hybridized carbons (Fsp3) is 0.500. The van der Waals surface area contributed by atoms with E-state index in [0.29, 0.717) is 6.42 Å². The zero-order valence-electron chi connectivity index (χ0n) is 15.4. The van der Waals surface area contributed by atoms with Crippen LogP contribution in [0.3, 0.4) is 0 Å². The van der Waals surface area contributed by atoms with Crippen LogP contribution in [0, 0.1) is 0 Å². The van der Waals surface area contributed by atoms with Crippen LogP contribution in [0.4, 0.5) is 4.79 Å². The summed E-state index contributed by atoms with van der Waals surface area (Å²) in [6.45, 7) is 2.33. The number of hydrogen-bond acceptors (Lipinski definition) is 5. The predicted octanol–water partition coefficient (Wildman–Crippen LogP) is 3.83. The first-order chi connectivity index (χ1) is 13.1. The van der Waals surface area contributed by atoms with Crippen LogP contribution in [0.25, 0.3) is 0 Å². The van der Waals surface area contributed by atoms with Crippen molar-refractivity contribution >= 4 is 52.8 Å². The van der Waals surface area contributed by atoms with Crippen molar-refractivity contribution in [3.63, 3.8) is 0 Å². The first-order valence-electron chi connectivity index (χ1n) is 8.52. The number of carbonyl (C=O) groups excluding carboxylic acids is 2. The molecule has 1 rings (SSSR count). The van der Waals surface area contributed by atoms with Crippen LogP contribution in [0.1, 0.15) is 25.8 Å². The van der Waals surface area contributed by atoms with Crippen molar-refractivity contribution in [3.05, 3.63) is 35.9 Å². The molecule has 0 spiro atoms. The van der Waals surface area contributed by atoms with Gasteiger partial charge in [0.25, 0.3) is 0 Å². The number of carboxylic acids is 1. The number of carbonyl (C=O) groups is 3. The Labute approximate surface area is 178 Å². The van der Waals surface area contributed by atoms with E-state index in [1.54, 1.807) is 6.92 Å². The second-order valence-corrected chi connectivity index (χ2v) is 8.40. The van der Waals surface area contributed by atoms with Gasteiger partial charge in [-0.1, -0.05) is 65.1 Å². The number of amides is 1. The number of aliphatic carboxylic acids is 1. The third-order valence-corrected chi connectivity index (χ3v) is 4.12. The Morgan fingerprint density at radius 3 is 2.25 bits per heavy atom. The molecule has 28 heavy (non-hydrogen) atoms. The summed E-state index contributed by atoms with van der Waals surface area (Å²) < 4.78 is 8.08. The largest absolute Gasteiger partial charge is 0.480 e. The molecule has 0 heterocycles. The highest BCUT2D eigenvalue weighted by atomic mass is 35.6. The fourth-order valence-electron chi connectivity index (χ4n) is 2.45. The number of alkyl halides is 3. The number of benzene rings is 1. The van der Waals surface area contributed by atoms with E-state index in [0.717, 1.165) is 10.5 Å². The van der Waals surface area contributed by atoms with Gasteiger partial charge in [0.15, 0.2) is 0 Å². The molecular formula is C18H22Cl3NO6. The van der Waals surface area contributed by atoms with E-state index >= 15 is 0 Å². The zero-order valence-corrected chi connectivity index (χ0v) is 17.7. The number of nitrogens with zero attached hydrogens (tertiary/aromatic N) is 1. The summed E-state index contributed by atoms with van der Waals surface area (Å²) in [5.41, 5.74) is 0.911. The number of aryl methyl sites for hydroxylation is 1. The second kappa shape index (κ2) is 11.3. The molecule has 0 saturated heterocycles. The summed E-state index contributed by atoms with van der Waals surface area (Å²) in [6, 6.07) is 6.67. The Morgan fingerprint density at radius 2 is 1.75 bits per heavy atom. The summed E-state index contributed by atoms with van der Waals surface area (Å²) in [5, 5.41) is 9.40. The van der Waals surface area contributed by atoms with Gasteiger partial charge in [0.05, 0.1) is 6.61 Å². The minimum atomic E-state index is -1.88. The standard InChI is InChI=1S/C18H22Cl3NO6/c1-3-27-16(25)14(10-9-13-7-5-4-6-8-13)22(12(2)15(23)24)17(26)28-11-18(19,20)21/h4-8,12,14H,3,9-11H2,1-2H3,(H,23,24)/t12-,14-/m0/s1. The van der Waals surface area contributed by atoms with E-state index in [1.165, 1.54) is 6.92 Å². The molecule has 0 bridgehead atoms. The quantitative estimate of drug-likeness (QED) is 0.450. The lowest BCUT2D eigenvalue weighted by Crippen LogP contribution is -2.53. The molecule has 156 valence electrons. The zero-order chi connectivity index (χ0) is 21.3. The van der Waals surface area contributed by atoms with Crippen LogP contribution >= 0.6 is 34.8 Å². The van der Waals surface area contributed by atoms with E-state index in [9.17, 15) is 19.5 Å². The van der Waals surface area contributed by atoms with Crippen molar-refractivity contribution in [1.82, 2.24) is 4.90 Å². The van der Waals surface area contributed by atoms with Gasteiger partial charge in [-0.25, -0.2) is 14.4 Å². The topological polar surface area (TPSA) is 93.1 Å². The molecule has 0 aromatic heterocycles. The van der Waals surface area contributed by atoms with Crippen LogP contribution in [0.2, 0.25) is 0 Å². The molecule has 1 aromatic carbocycles. The lowest BCUT2D eigenvalue weighted by Gasteiger charge is -2.32. The Hall–Kier alpha value is -1.70. The highest BCUT2D eigenvalue weighted by Crippen LogP contribution is 2.27. The lowest BCUT2D eigenvalue weighted by atomic mass is 10.0. The van der Waals surface area contributed by atoms with Gasteiger partial charge in [0.1, 0.15) is 18.7 Å². The Balaban J connectivity index is 3.11. The van der Waals surface area contributed by atoms with Crippen LogP contribution in [0.15, 0.2) is 30.3 Å². The molecule has 0 unspecified atom stereocenters. The van der Waals surface area contributed by atoms with Crippen molar-refractivity contribution in [2.75, 3.05) is 13.2 Å². The van der Waals surface area contributed by atoms with Crippen molar-refractivity contribution < 1.29 is 29.0 Å². The maximum atomic E-state index is 12.6. The molecule has 0 fully saturated rings. The highest BCUT2D eigenvalue weighted by molar-refractivity contribution is 6.67. The van der Waals surface area contributed by atoms with Crippen molar-refractivity contribution in [2.24, 2.45) is 0 Å². The van der Waals surface area contributed by atoms with Crippen molar-refractivity contribution in [1.29, 1.82) is 0 Å². The smallest absolute Gasteiger partial charge is 0.411 e. The Bertz CT molecular complexity index is 665. The lowest BCUT2D eigenvalue weighted by molar-refractivity contribution is -0.153. The normalized spacial score (nSPS) is 13.3. The van der Waals surface area contributed by atoms with Gasteiger partial charge in [-0.15, -0.1) is 0 Å². The van der Waals surface area contributed by atoms with Gasteiger partial charge in [-0.05, 0) is 32.3 Å². The summed E-state index contributed by atoms with van der Waals surface area (Å²) >= 11 is 16.8. The average Bonchev–Trinajstić information content (AvgIpc) is 2.63. The number of rotatable bonds is 9. The van der Waals surface area contributed by atoms with E-state index < -0.39 is 40.5 Å². The molecular weight excluding hydrogens is 433 g/mol. The number of halogens is 3. The Kier molecular flexibility index (Phi) is 9.85. The van der Waals surface area contributed by atoms with E-state index in [1.807, 2.05) is 30.3 Å². The molecule has 1 amide bonds. The molecule has 7 nitrogen and oxygen atoms in total. The van der Waals surface area contributed by atoms with Gasteiger partial charge in [0, 0.05) is 0 Å². The van der Waals surface area contributed by atoms with Crippen LogP contribution in [-0.2, 0) is 25.5 Å². The average molecular weight is 455 g/mol. The first kappa shape index (κ1) is 24.3. The van der Waals surface area contributed by atoms with Crippen molar-refractivity contribution in [2.45, 2.75) is 42.6 Å². The molecule has 10 heteroatoms. The SMILES string of the molecule is CCOC(=O)[C@H](CCc1ccccc1)N(C(=O)OCC(Cl)(Cl)Cl)[C@@H](C)C(=O)O. The van der Waals surface area contributed by atoms with E-state index in [2.05, 4.69) is 0 Å². The summed E-state index contributed by atoms with van der Waals surface area (Å²) in [5.74, 6) is -2.06. The van der Waals surface area contributed by atoms with Gasteiger partial charge in [-0.3, -0.25) is 4.90 Å². The van der Waals surface area contributed by atoms with Crippen LogP contribution < -0.4 is 0 Å². The maximum Gasteiger partial charge on any atom is 0.411 e. The fourth-order valence-corrected chi connectivity index (χ4v) is 2.61. The minimum absolute atomic E-state index is 0.0686. The van der Waals surface area contributed by atoms with Gasteiger partial charge >= 0.3 is 18.0 Å². The van der Waals surface area contributed by atoms with E-state index in [-0.39, 0.29) is 13.0 Å². The van der Waals surface area contributed by atoms with E-state index in [4.69, 9.17) is 44.3 Å². The molecule has 2 atom stereocenters. The molecule has 0 radical (unpaired) electrons. The maximum absolute atomic E-state index is 12.6. The third kappa shape index (κ3) is 8.12. The number of ether oxygens (including phenoxy) is 2. The summed E-state index contributed by atoms with van der Waals surface area (Å²) in [7, 11) is 0. The third-order valence-electron chi connectivity index (χ3n) is 3.79. The first-order valence-corrected chi connectivity index (χ1v) is 9.65. The molecule has 0 aliphatic rings. The number of esters is 1. The number of hydrogen-bond donors (Lipinski definition) is 1. The molecule has 0 saturated carbocycles. The molecule has 1 N–H and O–H groups in total. The van der Waals surface area contributed by atoms with Gasteiger partial charge < -0.3 is 14.6 Å². The van der Waals surface area contributed by atoms with Crippen LogP contribution in [-0.4, -0.2) is 57.1 Å². The molecule has 0 aliphatic heterocycles. The summed E-state index contributed by atoms with van der Waals surface area (Å²) in [6.07, 6.45) is -0.554.